The van der Waals surface area contributed by atoms with E-state index in [1.807, 2.05) is 0 Å². The van der Waals surface area contributed by atoms with Crippen molar-refractivity contribution in [3.8, 4) is 30.0 Å². The Morgan fingerprint density at radius 1 is 1.16 bits per heavy atom. The lowest BCUT2D eigenvalue weighted by Gasteiger charge is -2.37. The number of ether oxygens (including phenoxy) is 1. The van der Waals surface area contributed by atoms with Crippen molar-refractivity contribution < 1.29 is 19.3 Å². The highest BCUT2D eigenvalue weighted by Crippen LogP contribution is 2.45. The van der Waals surface area contributed by atoms with E-state index >= 15 is 0 Å². The van der Waals surface area contributed by atoms with Gasteiger partial charge in [-0.25, -0.2) is 9.37 Å². The second kappa shape index (κ2) is 10.9. The maximum absolute atomic E-state index is 14.9. The van der Waals surface area contributed by atoms with Crippen LogP contribution >= 0.6 is 0 Å². The fraction of sp³-hybridized carbons (Fsp3) is 0.500. The summed E-state index contributed by atoms with van der Waals surface area (Å²) in [5, 5.41) is 36.8. The molecule has 0 amide bonds. The van der Waals surface area contributed by atoms with Crippen LogP contribution in [-0.2, 0) is 13.0 Å². The molecule has 232 valence electrons. The fourth-order valence-electron chi connectivity index (χ4n) is 9.17. The maximum atomic E-state index is 14.9. The first kappa shape index (κ1) is 28.6. The van der Waals surface area contributed by atoms with E-state index in [4.69, 9.17) is 16.1 Å². The van der Waals surface area contributed by atoms with Crippen molar-refractivity contribution in [2.45, 2.75) is 87.6 Å². The predicted molar refractivity (Wildman–Crippen MR) is 169 cm³/mol. The molecule has 9 heteroatoms. The topological polar surface area (TPSA) is 105 Å². The normalized spacial score (nSPS) is 28.9. The van der Waals surface area contributed by atoms with Gasteiger partial charge < -0.3 is 25.2 Å². The maximum Gasteiger partial charge on any atom is 0.232 e. The SMILES string of the molecule is C#Cc1c(F)ccc2cc(O)cc(N3CCc4c(C5CC6CCC(C5)N6)nc(OCC56CCCN5CC(O)C6)c(C#N)c4C3)c12. The Morgan fingerprint density at radius 3 is 2.76 bits per heavy atom. The number of piperidine rings is 1. The van der Waals surface area contributed by atoms with E-state index in [1.54, 1.807) is 18.2 Å². The van der Waals surface area contributed by atoms with Gasteiger partial charge in [-0.05, 0) is 86.6 Å². The molecule has 8 nitrogen and oxygen atoms in total. The number of fused-ring (bicyclic) bond motifs is 5. The molecule has 6 heterocycles. The first-order valence-electron chi connectivity index (χ1n) is 16.3. The molecule has 0 saturated carbocycles. The number of halogens is 1. The Bertz CT molecular complexity index is 1770. The Labute approximate surface area is 262 Å². The van der Waals surface area contributed by atoms with Gasteiger partial charge in [-0.2, -0.15) is 5.26 Å². The van der Waals surface area contributed by atoms with E-state index in [0.717, 1.165) is 49.0 Å². The molecule has 45 heavy (non-hydrogen) atoms. The third-order valence-electron chi connectivity index (χ3n) is 11.1. The molecule has 5 aliphatic heterocycles. The summed E-state index contributed by atoms with van der Waals surface area (Å²) in [6.45, 7) is 2.98. The van der Waals surface area contributed by atoms with Crippen molar-refractivity contribution in [2.24, 2.45) is 0 Å². The van der Waals surface area contributed by atoms with Crippen LogP contribution in [0.5, 0.6) is 11.6 Å². The number of terminal acetylenes is 1. The van der Waals surface area contributed by atoms with Crippen molar-refractivity contribution >= 4 is 16.5 Å². The van der Waals surface area contributed by atoms with Gasteiger partial charge in [-0.3, -0.25) is 4.90 Å². The van der Waals surface area contributed by atoms with Gasteiger partial charge in [-0.1, -0.05) is 12.0 Å². The summed E-state index contributed by atoms with van der Waals surface area (Å²) in [5.41, 5.74) is 4.05. The molecule has 3 aromatic rings. The summed E-state index contributed by atoms with van der Waals surface area (Å²) in [7, 11) is 0. The van der Waals surface area contributed by atoms with Crippen LogP contribution in [0.15, 0.2) is 24.3 Å². The fourth-order valence-corrected chi connectivity index (χ4v) is 9.17. The number of rotatable bonds is 5. The summed E-state index contributed by atoms with van der Waals surface area (Å²) in [6.07, 6.45) is 13.1. The van der Waals surface area contributed by atoms with Crippen LogP contribution < -0.4 is 15.0 Å². The largest absolute Gasteiger partial charge is 0.508 e. The number of benzene rings is 2. The summed E-state index contributed by atoms with van der Waals surface area (Å²) in [5.74, 6) is 2.77. The number of phenols is 1. The number of β-amino-alcohol motifs (C(OH)–C–C–N with tert-alkyl or cyclic N) is 1. The quantitative estimate of drug-likeness (QED) is 0.365. The minimum absolute atomic E-state index is 0.0714. The van der Waals surface area contributed by atoms with Crippen molar-refractivity contribution in [1.29, 1.82) is 5.26 Å². The second-order valence-electron chi connectivity index (χ2n) is 13.8. The Kier molecular flexibility index (Phi) is 6.91. The Morgan fingerprint density at radius 2 is 1.98 bits per heavy atom. The molecule has 2 bridgehead atoms. The number of nitrogens with zero attached hydrogens (tertiary/aromatic N) is 4. The van der Waals surface area contributed by atoms with Crippen LogP contribution in [0, 0.1) is 29.5 Å². The molecule has 0 aliphatic carbocycles. The number of aliphatic hydroxyl groups is 1. The summed E-state index contributed by atoms with van der Waals surface area (Å²) >= 11 is 0. The standard InChI is InChI=1S/C36H38FN5O3/c1-2-27-31(37)7-4-21-14-25(43)15-32(33(21)27)41-11-8-28-30(19-41)29(17-38)35(40-34(28)22-12-23-5-6-24(13-22)39-23)45-20-36-9-3-10-42(36)18-26(44)16-36/h1,4,7,14-15,22-24,26,39,43-44H,3,5-6,8-13,16,18-20H2. The lowest BCUT2D eigenvalue weighted by atomic mass is 9.83. The van der Waals surface area contributed by atoms with E-state index in [2.05, 4.69) is 27.1 Å². The van der Waals surface area contributed by atoms with Crippen LogP contribution in [0.1, 0.15) is 78.8 Å². The van der Waals surface area contributed by atoms with Gasteiger partial charge in [0.2, 0.25) is 5.88 Å². The number of phenolic OH excluding ortho intramolecular Hbond substituents is 1. The number of nitrogens with one attached hydrogen (secondary N) is 1. The zero-order valence-electron chi connectivity index (χ0n) is 25.4. The molecule has 1 aromatic heterocycles. The van der Waals surface area contributed by atoms with Crippen molar-refractivity contribution in [2.75, 3.05) is 31.1 Å². The molecular weight excluding hydrogens is 569 g/mol. The molecule has 4 saturated heterocycles. The van der Waals surface area contributed by atoms with E-state index in [1.165, 1.54) is 18.9 Å². The highest BCUT2D eigenvalue weighted by atomic mass is 19.1. The molecule has 3 N–H and O–H groups in total. The minimum atomic E-state index is -0.480. The Hall–Kier alpha value is -3.89. The lowest BCUT2D eigenvalue weighted by molar-refractivity contribution is 0.109. The number of hydrogen-bond donors (Lipinski definition) is 3. The van der Waals surface area contributed by atoms with Gasteiger partial charge in [0.15, 0.2) is 0 Å². The zero-order valence-corrected chi connectivity index (χ0v) is 25.4. The second-order valence-corrected chi connectivity index (χ2v) is 13.8. The van der Waals surface area contributed by atoms with Gasteiger partial charge in [0.25, 0.3) is 0 Å². The summed E-state index contributed by atoms with van der Waals surface area (Å²) < 4.78 is 21.5. The van der Waals surface area contributed by atoms with Gasteiger partial charge in [0, 0.05) is 54.8 Å². The number of aromatic hydroxyl groups is 1. The average molecular weight is 608 g/mol. The smallest absolute Gasteiger partial charge is 0.232 e. The molecule has 4 fully saturated rings. The van der Waals surface area contributed by atoms with Crippen molar-refractivity contribution in [3.05, 3.63) is 58.0 Å². The monoisotopic (exact) mass is 607 g/mol. The number of nitriles is 1. The van der Waals surface area contributed by atoms with Gasteiger partial charge >= 0.3 is 0 Å². The summed E-state index contributed by atoms with van der Waals surface area (Å²) in [4.78, 5) is 9.61. The highest BCUT2D eigenvalue weighted by molar-refractivity contribution is 6.00. The predicted octanol–water partition coefficient (Wildman–Crippen LogP) is 4.47. The number of aliphatic hydroxyl groups excluding tert-OH is 1. The van der Waals surface area contributed by atoms with Gasteiger partial charge in [-0.15, -0.1) is 6.42 Å². The molecular formula is C36H38FN5O3. The number of pyridine rings is 1. The molecule has 2 aromatic carbocycles. The first-order valence-corrected chi connectivity index (χ1v) is 16.3. The number of aromatic nitrogens is 1. The van der Waals surface area contributed by atoms with E-state index in [9.17, 15) is 19.9 Å². The van der Waals surface area contributed by atoms with Crippen LogP contribution in [0.4, 0.5) is 10.1 Å². The number of hydrogen-bond acceptors (Lipinski definition) is 8. The average Bonchev–Trinajstić information content (AvgIpc) is 3.68. The van der Waals surface area contributed by atoms with Gasteiger partial charge in [0.05, 0.1) is 22.9 Å². The first-order chi connectivity index (χ1) is 21.9. The van der Waals surface area contributed by atoms with E-state index < -0.39 is 5.82 Å². The Balaban J connectivity index is 1.22. The minimum Gasteiger partial charge on any atom is -0.508 e. The van der Waals surface area contributed by atoms with E-state index in [0.29, 0.717) is 79.1 Å². The van der Waals surface area contributed by atoms with Crippen molar-refractivity contribution in [3.63, 3.8) is 0 Å². The lowest BCUT2D eigenvalue weighted by Crippen LogP contribution is -2.43. The van der Waals surface area contributed by atoms with Crippen molar-refractivity contribution in [1.82, 2.24) is 15.2 Å². The number of anilines is 1. The molecule has 0 radical (unpaired) electrons. The third kappa shape index (κ3) is 4.72. The van der Waals surface area contributed by atoms with Crippen LogP contribution in [0.3, 0.4) is 0 Å². The molecule has 8 rings (SSSR count). The van der Waals surface area contributed by atoms with Crippen LogP contribution in [0.2, 0.25) is 0 Å². The van der Waals surface area contributed by atoms with Gasteiger partial charge in [0.1, 0.15) is 29.8 Å². The van der Waals surface area contributed by atoms with Crippen LogP contribution in [0.25, 0.3) is 10.8 Å². The third-order valence-corrected chi connectivity index (χ3v) is 11.1. The molecule has 5 aliphatic rings. The van der Waals surface area contributed by atoms with E-state index in [-0.39, 0.29) is 28.9 Å². The molecule has 0 spiro atoms. The van der Waals surface area contributed by atoms with Crippen LogP contribution in [-0.4, -0.2) is 70.1 Å². The highest BCUT2D eigenvalue weighted by Gasteiger charge is 2.49. The zero-order chi connectivity index (χ0) is 30.9. The molecule has 4 atom stereocenters. The summed E-state index contributed by atoms with van der Waals surface area (Å²) in [6, 6.07) is 9.62. The molecule has 4 unspecified atom stereocenters.